The van der Waals surface area contributed by atoms with Crippen LogP contribution < -0.4 is 0 Å². The van der Waals surface area contributed by atoms with Gasteiger partial charge in [0.1, 0.15) is 6.07 Å². The highest BCUT2D eigenvalue weighted by Crippen LogP contribution is 2.40. The second-order valence-corrected chi connectivity index (χ2v) is 7.93. The molecule has 4 rings (SSSR count). The molecule has 0 unspecified atom stereocenters. The van der Waals surface area contributed by atoms with Crippen molar-refractivity contribution in [2.24, 2.45) is 7.05 Å². The van der Waals surface area contributed by atoms with Crippen molar-refractivity contribution < 1.29 is 0 Å². The number of benzene rings is 1. The van der Waals surface area contributed by atoms with Crippen LogP contribution in [0.3, 0.4) is 0 Å². The Morgan fingerprint density at radius 1 is 1.11 bits per heavy atom. The van der Waals surface area contributed by atoms with E-state index in [9.17, 15) is 5.26 Å². The minimum atomic E-state index is 0.690. The molecule has 140 valence electrons. The number of allylic oxidation sites excluding steroid dienone is 2. The van der Waals surface area contributed by atoms with Crippen LogP contribution in [0.2, 0.25) is 0 Å². The van der Waals surface area contributed by atoms with Gasteiger partial charge in [-0.25, -0.2) is 0 Å². The third-order valence-electron chi connectivity index (χ3n) is 6.43. The van der Waals surface area contributed by atoms with Gasteiger partial charge in [0.25, 0.3) is 0 Å². The summed E-state index contributed by atoms with van der Waals surface area (Å²) in [7, 11) is 2.10. The van der Waals surface area contributed by atoms with Gasteiger partial charge in [-0.05, 0) is 85.7 Å². The Balaban J connectivity index is 1.90. The monoisotopic (exact) mass is 367 g/mol. The van der Waals surface area contributed by atoms with E-state index in [0.717, 1.165) is 34.5 Å². The van der Waals surface area contributed by atoms with Crippen molar-refractivity contribution in [1.29, 1.82) is 5.26 Å². The van der Waals surface area contributed by atoms with E-state index in [1.807, 2.05) is 13.8 Å². The summed E-state index contributed by atoms with van der Waals surface area (Å²) in [6.07, 6.45) is 5.07. The molecule has 2 aromatic heterocycles. The fourth-order valence-electron chi connectivity index (χ4n) is 4.63. The summed E-state index contributed by atoms with van der Waals surface area (Å²) >= 11 is 0. The molecule has 1 aromatic carbocycles. The van der Waals surface area contributed by atoms with Gasteiger partial charge in [0.2, 0.25) is 0 Å². The average Bonchev–Trinajstić information content (AvgIpc) is 3.24. The van der Waals surface area contributed by atoms with Crippen LogP contribution in [0.15, 0.2) is 24.4 Å². The molecule has 3 nitrogen and oxygen atoms in total. The highest BCUT2D eigenvalue weighted by molar-refractivity contribution is 6.01. The van der Waals surface area contributed by atoms with Crippen LogP contribution in [-0.2, 0) is 13.5 Å². The SMILES string of the molecule is C=C(C1=Cc2c(nc(C)c(C#N)c2C)C1)c1c(C)c(C)c(C)c2c1ccn2C. The van der Waals surface area contributed by atoms with Crippen LogP contribution in [-0.4, -0.2) is 9.55 Å². The lowest BCUT2D eigenvalue weighted by molar-refractivity contribution is 0.962. The first-order valence-electron chi connectivity index (χ1n) is 9.61. The molecule has 1 aliphatic rings. The molecule has 0 amide bonds. The zero-order valence-corrected chi connectivity index (χ0v) is 17.5. The Kier molecular flexibility index (Phi) is 4.05. The average molecular weight is 367 g/mol. The molecule has 0 saturated heterocycles. The third-order valence-corrected chi connectivity index (χ3v) is 6.43. The molecule has 2 heterocycles. The fourth-order valence-corrected chi connectivity index (χ4v) is 4.63. The molecule has 3 heteroatoms. The first-order valence-corrected chi connectivity index (χ1v) is 9.61. The Labute approximate surface area is 166 Å². The number of fused-ring (bicyclic) bond motifs is 2. The molecule has 0 aliphatic heterocycles. The number of aryl methyl sites for hydroxylation is 3. The highest BCUT2D eigenvalue weighted by atomic mass is 14.9. The topological polar surface area (TPSA) is 41.6 Å². The van der Waals surface area contributed by atoms with Crippen molar-refractivity contribution in [3.63, 3.8) is 0 Å². The Morgan fingerprint density at radius 2 is 1.82 bits per heavy atom. The van der Waals surface area contributed by atoms with Crippen molar-refractivity contribution in [2.45, 2.75) is 41.0 Å². The van der Waals surface area contributed by atoms with Gasteiger partial charge in [-0.2, -0.15) is 5.26 Å². The molecule has 28 heavy (non-hydrogen) atoms. The van der Waals surface area contributed by atoms with Crippen LogP contribution in [0.5, 0.6) is 0 Å². The lowest BCUT2D eigenvalue weighted by atomic mass is 9.87. The lowest BCUT2D eigenvalue weighted by Crippen LogP contribution is -2.01. The van der Waals surface area contributed by atoms with E-state index in [2.05, 4.69) is 63.4 Å². The Hall–Kier alpha value is -3.12. The van der Waals surface area contributed by atoms with Gasteiger partial charge >= 0.3 is 0 Å². The van der Waals surface area contributed by atoms with Crippen molar-refractivity contribution in [1.82, 2.24) is 9.55 Å². The van der Waals surface area contributed by atoms with Gasteiger partial charge in [0.05, 0.1) is 22.5 Å². The fraction of sp³-hybridized carbons (Fsp3) is 0.280. The molecule has 0 radical (unpaired) electrons. The highest BCUT2D eigenvalue weighted by Gasteiger charge is 2.24. The van der Waals surface area contributed by atoms with Crippen LogP contribution in [0.25, 0.3) is 22.6 Å². The molecule has 0 N–H and O–H groups in total. The summed E-state index contributed by atoms with van der Waals surface area (Å²) < 4.78 is 2.19. The molecular formula is C25H25N3. The van der Waals surface area contributed by atoms with Crippen LogP contribution in [0.1, 0.15) is 50.3 Å². The third kappa shape index (κ3) is 2.38. The van der Waals surface area contributed by atoms with Crippen molar-refractivity contribution >= 4 is 22.6 Å². The Bertz CT molecular complexity index is 1260. The van der Waals surface area contributed by atoms with Crippen LogP contribution in [0.4, 0.5) is 0 Å². The maximum Gasteiger partial charge on any atom is 0.101 e. The number of nitrogens with zero attached hydrogens (tertiary/aromatic N) is 3. The van der Waals surface area contributed by atoms with Crippen molar-refractivity contribution in [3.05, 3.63) is 74.7 Å². The molecule has 3 aromatic rings. The maximum absolute atomic E-state index is 9.47. The molecule has 0 atom stereocenters. The predicted molar refractivity (Wildman–Crippen MR) is 116 cm³/mol. The molecule has 0 bridgehead atoms. The predicted octanol–water partition coefficient (Wildman–Crippen LogP) is 5.64. The van der Waals surface area contributed by atoms with Crippen molar-refractivity contribution in [3.8, 4) is 6.07 Å². The van der Waals surface area contributed by atoms with Gasteiger partial charge in [-0.1, -0.05) is 6.58 Å². The first-order chi connectivity index (χ1) is 13.3. The zero-order chi connectivity index (χ0) is 20.3. The summed E-state index contributed by atoms with van der Waals surface area (Å²) in [5.41, 5.74) is 13.3. The number of hydrogen-bond acceptors (Lipinski definition) is 2. The maximum atomic E-state index is 9.47. The molecule has 1 aliphatic carbocycles. The number of pyridine rings is 1. The normalized spacial score (nSPS) is 12.8. The van der Waals surface area contributed by atoms with E-state index in [1.54, 1.807) is 0 Å². The molecule has 0 fully saturated rings. The minimum Gasteiger partial charge on any atom is -0.350 e. The molecule has 0 saturated carbocycles. The quantitative estimate of drug-likeness (QED) is 0.588. The molecular weight excluding hydrogens is 342 g/mol. The van der Waals surface area contributed by atoms with E-state index in [1.165, 1.54) is 38.7 Å². The smallest absolute Gasteiger partial charge is 0.101 e. The van der Waals surface area contributed by atoms with E-state index >= 15 is 0 Å². The summed E-state index contributed by atoms with van der Waals surface area (Å²) in [6.45, 7) is 15.0. The molecule has 0 spiro atoms. The first kappa shape index (κ1) is 18.3. The van der Waals surface area contributed by atoms with Gasteiger partial charge < -0.3 is 4.57 Å². The van der Waals surface area contributed by atoms with E-state index in [4.69, 9.17) is 4.98 Å². The largest absolute Gasteiger partial charge is 0.350 e. The van der Waals surface area contributed by atoms with Crippen molar-refractivity contribution in [2.75, 3.05) is 0 Å². The second kappa shape index (κ2) is 6.21. The van der Waals surface area contributed by atoms with Gasteiger partial charge in [0.15, 0.2) is 0 Å². The second-order valence-electron chi connectivity index (χ2n) is 7.93. The van der Waals surface area contributed by atoms with Crippen LogP contribution >= 0.6 is 0 Å². The lowest BCUT2D eigenvalue weighted by Gasteiger charge is -2.18. The zero-order valence-electron chi connectivity index (χ0n) is 17.5. The Morgan fingerprint density at radius 3 is 2.50 bits per heavy atom. The van der Waals surface area contributed by atoms with E-state index < -0.39 is 0 Å². The van der Waals surface area contributed by atoms with Gasteiger partial charge in [-0.3, -0.25) is 4.98 Å². The summed E-state index contributed by atoms with van der Waals surface area (Å²) in [4.78, 5) is 4.71. The van der Waals surface area contributed by atoms with Crippen LogP contribution in [0, 0.1) is 45.9 Å². The number of hydrogen-bond donors (Lipinski definition) is 0. The number of aromatic nitrogens is 2. The number of nitriles is 1. The summed E-state index contributed by atoms with van der Waals surface area (Å²) in [5.74, 6) is 0. The summed E-state index contributed by atoms with van der Waals surface area (Å²) in [5, 5.41) is 10.7. The van der Waals surface area contributed by atoms with Gasteiger partial charge in [-0.15, -0.1) is 0 Å². The minimum absolute atomic E-state index is 0.690. The summed E-state index contributed by atoms with van der Waals surface area (Å²) in [6, 6.07) is 4.50. The number of rotatable bonds is 2. The van der Waals surface area contributed by atoms with E-state index in [0.29, 0.717) is 5.56 Å². The van der Waals surface area contributed by atoms with E-state index in [-0.39, 0.29) is 0 Å². The van der Waals surface area contributed by atoms with Gasteiger partial charge in [0, 0.05) is 30.6 Å². The standard InChI is InChI=1S/C25H25N3/c1-13-14(2)24(20-8-9-28(7)25(20)15(13)3)16(4)19-10-21-17(5)22(12-26)18(6)27-23(21)11-19/h8-10H,4,11H2,1-3,5-7H3.